The molecule has 0 saturated carbocycles. The molecule has 0 fully saturated rings. The summed E-state index contributed by atoms with van der Waals surface area (Å²) in [5.74, 6) is 1.11. The van der Waals surface area contributed by atoms with Gasteiger partial charge in [-0.1, -0.05) is 30.7 Å². The predicted octanol–water partition coefficient (Wildman–Crippen LogP) is 3.83. The van der Waals surface area contributed by atoms with Crippen LogP contribution in [0.3, 0.4) is 0 Å². The average molecular weight is 286 g/mol. The number of carbonyl (C=O) groups excluding carboxylic acids is 1. The van der Waals surface area contributed by atoms with Gasteiger partial charge in [-0.2, -0.15) is 11.8 Å². The summed E-state index contributed by atoms with van der Waals surface area (Å²) in [6.07, 6.45) is 3.61. The van der Waals surface area contributed by atoms with Gasteiger partial charge in [0.1, 0.15) is 0 Å². The first-order valence-electron chi connectivity index (χ1n) is 6.18. The lowest BCUT2D eigenvalue weighted by Crippen LogP contribution is -2.31. The molecule has 0 spiro atoms. The number of thioether (sulfide) groups is 1. The molecule has 0 aliphatic carbocycles. The quantitative estimate of drug-likeness (QED) is 0.759. The molecule has 0 heterocycles. The Kier molecular flexibility index (Phi) is 7.21. The molecule has 18 heavy (non-hydrogen) atoms. The molecule has 0 saturated heterocycles. The van der Waals surface area contributed by atoms with E-state index in [1.807, 2.05) is 35.4 Å². The first kappa shape index (κ1) is 15.4. The Balaban J connectivity index is 2.64. The van der Waals surface area contributed by atoms with E-state index in [2.05, 4.69) is 6.92 Å². The van der Waals surface area contributed by atoms with Crippen LogP contribution in [0.25, 0.3) is 0 Å². The predicted molar refractivity (Wildman–Crippen MR) is 80.2 cm³/mol. The van der Waals surface area contributed by atoms with Crippen LogP contribution < -0.4 is 0 Å². The van der Waals surface area contributed by atoms with Crippen molar-refractivity contribution >= 4 is 29.3 Å². The van der Waals surface area contributed by atoms with Gasteiger partial charge in [0.25, 0.3) is 0 Å². The molecule has 0 unspecified atom stereocenters. The molecule has 1 rings (SSSR count). The molecular weight excluding hydrogens is 266 g/mol. The van der Waals surface area contributed by atoms with Gasteiger partial charge in [-0.15, -0.1) is 0 Å². The normalized spacial score (nSPS) is 10.4. The SMILES string of the molecule is CCCN(Cc1cccc(Cl)c1)C(=O)CCSC. The van der Waals surface area contributed by atoms with Gasteiger partial charge >= 0.3 is 0 Å². The van der Waals surface area contributed by atoms with Crippen LogP contribution in [-0.2, 0) is 11.3 Å². The van der Waals surface area contributed by atoms with E-state index in [0.717, 1.165) is 29.3 Å². The van der Waals surface area contributed by atoms with Gasteiger partial charge in [-0.25, -0.2) is 0 Å². The topological polar surface area (TPSA) is 20.3 Å². The standard InChI is InChI=1S/C14H20ClNOS/c1-3-8-16(14(17)7-9-18-2)11-12-5-4-6-13(15)10-12/h4-6,10H,3,7-9,11H2,1-2H3. The van der Waals surface area contributed by atoms with Crippen LogP contribution in [-0.4, -0.2) is 29.4 Å². The van der Waals surface area contributed by atoms with Gasteiger partial charge in [0.05, 0.1) is 0 Å². The lowest BCUT2D eigenvalue weighted by atomic mass is 10.2. The highest BCUT2D eigenvalue weighted by Gasteiger charge is 2.12. The Morgan fingerprint density at radius 3 is 2.83 bits per heavy atom. The summed E-state index contributed by atoms with van der Waals surface area (Å²) in [5, 5.41) is 0.723. The number of amides is 1. The molecule has 0 N–H and O–H groups in total. The third kappa shape index (κ3) is 5.32. The van der Waals surface area contributed by atoms with Gasteiger partial charge in [0, 0.05) is 30.3 Å². The van der Waals surface area contributed by atoms with Crippen LogP contribution in [0.2, 0.25) is 5.02 Å². The summed E-state index contributed by atoms with van der Waals surface area (Å²) in [6.45, 7) is 3.55. The maximum Gasteiger partial charge on any atom is 0.223 e. The molecule has 0 atom stereocenters. The van der Waals surface area contributed by atoms with Crippen molar-refractivity contribution in [1.29, 1.82) is 0 Å². The highest BCUT2D eigenvalue weighted by atomic mass is 35.5. The van der Waals surface area contributed by atoms with E-state index in [0.29, 0.717) is 13.0 Å². The number of rotatable bonds is 7. The molecule has 1 aromatic rings. The van der Waals surface area contributed by atoms with Gasteiger partial charge in [-0.05, 0) is 30.4 Å². The second-order valence-electron chi connectivity index (χ2n) is 4.19. The van der Waals surface area contributed by atoms with Crippen molar-refractivity contribution in [1.82, 2.24) is 4.90 Å². The minimum Gasteiger partial charge on any atom is -0.338 e. The monoisotopic (exact) mass is 285 g/mol. The van der Waals surface area contributed by atoms with Crippen LogP contribution in [0.1, 0.15) is 25.3 Å². The smallest absolute Gasteiger partial charge is 0.223 e. The zero-order valence-electron chi connectivity index (χ0n) is 11.0. The van der Waals surface area contributed by atoms with Gasteiger partial charge < -0.3 is 4.90 Å². The van der Waals surface area contributed by atoms with E-state index in [1.54, 1.807) is 11.8 Å². The Morgan fingerprint density at radius 1 is 1.44 bits per heavy atom. The first-order valence-corrected chi connectivity index (χ1v) is 7.95. The number of benzene rings is 1. The highest BCUT2D eigenvalue weighted by Crippen LogP contribution is 2.14. The fraction of sp³-hybridized carbons (Fsp3) is 0.500. The van der Waals surface area contributed by atoms with Gasteiger partial charge in [0.2, 0.25) is 5.91 Å². The Hall–Kier alpha value is -0.670. The van der Waals surface area contributed by atoms with Crippen LogP contribution >= 0.6 is 23.4 Å². The highest BCUT2D eigenvalue weighted by molar-refractivity contribution is 7.98. The minimum absolute atomic E-state index is 0.228. The molecule has 100 valence electrons. The lowest BCUT2D eigenvalue weighted by molar-refractivity contribution is -0.131. The van der Waals surface area contributed by atoms with E-state index in [1.165, 1.54) is 0 Å². The van der Waals surface area contributed by atoms with Crippen molar-refractivity contribution in [2.45, 2.75) is 26.3 Å². The van der Waals surface area contributed by atoms with Crippen molar-refractivity contribution in [3.8, 4) is 0 Å². The molecule has 0 aliphatic rings. The lowest BCUT2D eigenvalue weighted by Gasteiger charge is -2.22. The van der Waals surface area contributed by atoms with E-state index in [-0.39, 0.29) is 5.91 Å². The number of hydrogen-bond donors (Lipinski definition) is 0. The molecule has 0 bridgehead atoms. The average Bonchev–Trinajstić information content (AvgIpc) is 2.35. The fourth-order valence-corrected chi connectivity index (χ4v) is 2.36. The molecule has 2 nitrogen and oxygen atoms in total. The second kappa shape index (κ2) is 8.44. The zero-order valence-corrected chi connectivity index (χ0v) is 12.6. The first-order chi connectivity index (χ1) is 8.67. The molecule has 4 heteroatoms. The summed E-state index contributed by atoms with van der Waals surface area (Å²) in [7, 11) is 0. The minimum atomic E-state index is 0.228. The zero-order chi connectivity index (χ0) is 13.4. The number of nitrogens with zero attached hydrogens (tertiary/aromatic N) is 1. The number of hydrogen-bond acceptors (Lipinski definition) is 2. The number of carbonyl (C=O) groups is 1. The summed E-state index contributed by atoms with van der Waals surface area (Å²) < 4.78 is 0. The summed E-state index contributed by atoms with van der Waals surface area (Å²) >= 11 is 7.67. The van der Waals surface area contributed by atoms with Gasteiger partial charge in [0.15, 0.2) is 0 Å². The maximum atomic E-state index is 12.1. The van der Waals surface area contributed by atoms with Crippen molar-refractivity contribution in [2.75, 3.05) is 18.6 Å². The van der Waals surface area contributed by atoms with E-state index < -0.39 is 0 Å². The largest absolute Gasteiger partial charge is 0.338 e. The van der Waals surface area contributed by atoms with Crippen LogP contribution in [0.15, 0.2) is 24.3 Å². The summed E-state index contributed by atoms with van der Waals surface area (Å²) in [5.41, 5.74) is 1.09. The van der Waals surface area contributed by atoms with Crippen molar-refractivity contribution in [3.05, 3.63) is 34.9 Å². The van der Waals surface area contributed by atoms with Crippen LogP contribution in [0, 0.1) is 0 Å². The van der Waals surface area contributed by atoms with Gasteiger partial charge in [-0.3, -0.25) is 4.79 Å². The molecular formula is C14H20ClNOS. The number of halogens is 1. The third-order valence-electron chi connectivity index (χ3n) is 2.63. The molecule has 0 radical (unpaired) electrons. The molecule has 0 aromatic heterocycles. The van der Waals surface area contributed by atoms with E-state index in [4.69, 9.17) is 11.6 Å². The molecule has 1 amide bonds. The van der Waals surface area contributed by atoms with Crippen LogP contribution in [0.4, 0.5) is 0 Å². The Bertz CT molecular complexity index is 384. The Labute approximate surface area is 119 Å². The van der Waals surface area contributed by atoms with Crippen molar-refractivity contribution in [2.24, 2.45) is 0 Å². The summed E-state index contributed by atoms with van der Waals surface area (Å²) in [4.78, 5) is 14.0. The van der Waals surface area contributed by atoms with Crippen molar-refractivity contribution < 1.29 is 4.79 Å². The van der Waals surface area contributed by atoms with E-state index >= 15 is 0 Å². The molecule has 1 aromatic carbocycles. The Morgan fingerprint density at radius 2 is 2.22 bits per heavy atom. The second-order valence-corrected chi connectivity index (χ2v) is 5.61. The maximum absolute atomic E-state index is 12.1. The fourth-order valence-electron chi connectivity index (χ4n) is 1.77. The summed E-state index contributed by atoms with van der Waals surface area (Å²) in [6, 6.07) is 7.71. The van der Waals surface area contributed by atoms with Crippen molar-refractivity contribution in [3.63, 3.8) is 0 Å². The third-order valence-corrected chi connectivity index (χ3v) is 3.48. The molecule has 0 aliphatic heterocycles. The van der Waals surface area contributed by atoms with Crippen LogP contribution in [0.5, 0.6) is 0 Å². The van der Waals surface area contributed by atoms with E-state index in [9.17, 15) is 4.79 Å².